The van der Waals surface area contributed by atoms with Gasteiger partial charge in [0.05, 0.1) is 23.8 Å². The Balaban J connectivity index is 2.99. The maximum Gasteiger partial charge on any atom is 0.416 e. The van der Waals surface area contributed by atoms with Crippen LogP contribution in [0.4, 0.5) is 13.2 Å². The third-order valence-corrected chi connectivity index (χ3v) is 2.16. The van der Waals surface area contributed by atoms with E-state index < -0.39 is 17.7 Å². The molecule has 1 aromatic rings. The summed E-state index contributed by atoms with van der Waals surface area (Å²) < 4.78 is 42.4. The molecule has 0 N–H and O–H groups in total. The zero-order chi connectivity index (χ0) is 15.2. The van der Waals surface area contributed by atoms with Crippen LogP contribution in [0.1, 0.15) is 30.0 Å². The first-order valence-electron chi connectivity index (χ1n) is 5.63. The lowest BCUT2D eigenvalue weighted by Crippen LogP contribution is -2.05. The molecule has 0 aliphatic rings. The van der Waals surface area contributed by atoms with Gasteiger partial charge in [-0.15, -0.1) is 0 Å². The van der Waals surface area contributed by atoms with Gasteiger partial charge in [-0.2, -0.15) is 18.4 Å². The van der Waals surface area contributed by atoms with E-state index in [1.54, 1.807) is 13.0 Å². The van der Waals surface area contributed by atoms with E-state index in [0.717, 1.165) is 12.1 Å². The second kappa shape index (κ2) is 6.63. The zero-order valence-electron chi connectivity index (χ0n) is 10.5. The first kappa shape index (κ1) is 15.6. The highest BCUT2D eigenvalue weighted by molar-refractivity contribution is 5.72. The van der Waals surface area contributed by atoms with Crippen LogP contribution in [0.25, 0.3) is 0 Å². The van der Waals surface area contributed by atoms with Gasteiger partial charge in [0.1, 0.15) is 6.42 Å². The Labute approximate surface area is 114 Å². The van der Waals surface area contributed by atoms with E-state index in [1.807, 2.05) is 0 Å². The minimum atomic E-state index is -4.55. The summed E-state index contributed by atoms with van der Waals surface area (Å²) in [5, 5.41) is 8.70. The number of nitrogens with zero attached hydrogens (tertiary/aromatic N) is 1. The summed E-state index contributed by atoms with van der Waals surface area (Å²) >= 11 is 0. The summed E-state index contributed by atoms with van der Waals surface area (Å²) in [6.45, 7) is 1.85. The molecule has 0 spiro atoms. The maximum absolute atomic E-state index is 12.6. The van der Waals surface area contributed by atoms with E-state index in [9.17, 15) is 18.0 Å². The molecule has 20 heavy (non-hydrogen) atoms. The van der Waals surface area contributed by atoms with Crippen LogP contribution in [0, 0.1) is 23.2 Å². The van der Waals surface area contributed by atoms with E-state index in [0.29, 0.717) is 0 Å². The van der Waals surface area contributed by atoms with Crippen LogP contribution in [-0.2, 0) is 15.7 Å². The van der Waals surface area contributed by atoms with Gasteiger partial charge < -0.3 is 4.74 Å². The molecule has 0 unspecified atom stereocenters. The average molecular weight is 281 g/mol. The second-order valence-corrected chi connectivity index (χ2v) is 3.69. The molecule has 0 saturated heterocycles. The summed E-state index contributed by atoms with van der Waals surface area (Å²) in [5.74, 6) is 4.29. The normalized spacial score (nSPS) is 10.2. The Morgan fingerprint density at radius 1 is 1.30 bits per heavy atom. The molecule has 0 bridgehead atoms. The van der Waals surface area contributed by atoms with Gasteiger partial charge in [-0.3, -0.25) is 4.79 Å². The molecule has 0 radical (unpaired) electrons. The fourth-order valence-corrected chi connectivity index (χ4v) is 1.36. The van der Waals surface area contributed by atoms with Gasteiger partial charge in [0.2, 0.25) is 0 Å². The topological polar surface area (TPSA) is 50.1 Å². The van der Waals surface area contributed by atoms with Crippen LogP contribution in [-0.4, -0.2) is 12.6 Å². The number of nitriles is 1. The molecule has 0 atom stereocenters. The standard InChI is InChI=1S/C14H10F3NO2/c1-2-20-13(19)5-3-4-10-6-11(9-18)8-12(7-10)14(15,16)17/h6-8H,2,5H2,1H3. The number of benzene rings is 1. The first-order chi connectivity index (χ1) is 9.36. The maximum atomic E-state index is 12.6. The van der Waals surface area contributed by atoms with Crippen molar-refractivity contribution in [2.75, 3.05) is 6.61 Å². The molecule has 1 rings (SSSR count). The molecule has 0 amide bonds. The predicted octanol–water partition coefficient (Wildman–Crippen LogP) is 2.88. The highest BCUT2D eigenvalue weighted by Crippen LogP contribution is 2.30. The summed E-state index contributed by atoms with van der Waals surface area (Å²) in [6.07, 6.45) is -4.77. The molecule has 104 valence electrons. The van der Waals surface area contributed by atoms with Crippen molar-refractivity contribution in [3.05, 3.63) is 34.9 Å². The Hall–Kier alpha value is -2.47. The van der Waals surface area contributed by atoms with E-state index in [1.165, 1.54) is 6.07 Å². The molecule has 0 aliphatic carbocycles. The van der Waals surface area contributed by atoms with Crippen LogP contribution in [0.15, 0.2) is 18.2 Å². The van der Waals surface area contributed by atoms with Gasteiger partial charge in [0.25, 0.3) is 0 Å². The van der Waals surface area contributed by atoms with Gasteiger partial charge in [-0.25, -0.2) is 0 Å². The second-order valence-electron chi connectivity index (χ2n) is 3.69. The number of carbonyl (C=O) groups excluding carboxylic acids is 1. The van der Waals surface area contributed by atoms with E-state index in [-0.39, 0.29) is 24.2 Å². The lowest BCUT2D eigenvalue weighted by atomic mass is 10.1. The van der Waals surface area contributed by atoms with E-state index in [2.05, 4.69) is 16.6 Å². The monoisotopic (exact) mass is 281 g/mol. The number of alkyl halides is 3. The van der Waals surface area contributed by atoms with Crippen molar-refractivity contribution in [1.29, 1.82) is 5.26 Å². The van der Waals surface area contributed by atoms with Crippen LogP contribution in [0.5, 0.6) is 0 Å². The number of ether oxygens (including phenoxy) is 1. The molecular weight excluding hydrogens is 271 g/mol. The van der Waals surface area contributed by atoms with Crippen molar-refractivity contribution in [2.24, 2.45) is 0 Å². The number of esters is 1. The first-order valence-corrected chi connectivity index (χ1v) is 5.63. The van der Waals surface area contributed by atoms with Crippen molar-refractivity contribution in [3.8, 4) is 17.9 Å². The van der Waals surface area contributed by atoms with E-state index in [4.69, 9.17) is 5.26 Å². The third kappa shape index (κ3) is 4.66. The quantitative estimate of drug-likeness (QED) is 0.618. The van der Waals surface area contributed by atoms with Crippen LogP contribution < -0.4 is 0 Å². The molecule has 1 aromatic carbocycles. The summed E-state index contributed by atoms with van der Waals surface area (Å²) in [7, 11) is 0. The molecule has 0 aromatic heterocycles. The van der Waals surface area contributed by atoms with Gasteiger partial charge in [0, 0.05) is 5.56 Å². The predicted molar refractivity (Wildman–Crippen MR) is 64.3 cm³/mol. The van der Waals surface area contributed by atoms with Crippen molar-refractivity contribution in [1.82, 2.24) is 0 Å². The van der Waals surface area contributed by atoms with Crippen LogP contribution >= 0.6 is 0 Å². The third-order valence-electron chi connectivity index (χ3n) is 2.16. The molecule has 0 heterocycles. The molecule has 0 aliphatic heterocycles. The van der Waals surface area contributed by atoms with Gasteiger partial charge in [-0.1, -0.05) is 11.8 Å². The highest BCUT2D eigenvalue weighted by atomic mass is 19.4. The summed E-state index contributed by atoms with van der Waals surface area (Å²) in [6, 6.07) is 4.45. The number of rotatable bonds is 2. The largest absolute Gasteiger partial charge is 0.465 e. The smallest absolute Gasteiger partial charge is 0.416 e. The van der Waals surface area contributed by atoms with Crippen molar-refractivity contribution < 1.29 is 22.7 Å². The van der Waals surface area contributed by atoms with Crippen LogP contribution in [0.2, 0.25) is 0 Å². The summed E-state index contributed by atoms with van der Waals surface area (Å²) in [5.41, 5.74) is -1.06. The molecular formula is C14H10F3NO2. The van der Waals surface area contributed by atoms with Gasteiger partial charge in [0.15, 0.2) is 0 Å². The van der Waals surface area contributed by atoms with Crippen molar-refractivity contribution in [3.63, 3.8) is 0 Å². The Bertz CT molecular complexity index is 604. The van der Waals surface area contributed by atoms with Crippen LogP contribution in [0.3, 0.4) is 0 Å². The van der Waals surface area contributed by atoms with E-state index >= 15 is 0 Å². The summed E-state index contributed by atoms with van der Waals surface area (Å²) in [4.78, 5) is 11.0. The molecule has 3 nitrogen and oxygen atoms in total. The number of hydrogen-bond acceptors (Lipinski definition) is 3. The SMILES string of the molecule is CCOC(=O)CC#Cc1cc(C#N)cc(C(F)(F)F)c1. The number of halogens is 3. The van der Waals surface area contributed by atoms with Crippen molar-refractivity contribution >= 4 is 5.97 Å². The highest BCUT2D eigenvalue weighted by Gasteiger charge is 2.31. The zero-order valence-corrected chi connectivity index (χ0v) is 10.5. The molecule has 0 saturated carbocycles. The Kier molecular flexibility index (Phi) is 5.16. The molecule has 0 fully saturated rings. The number of carbonyl (C=O) groups is 1. The lowest BCUT2D eigenvalue weighted by molar-refractivity contribution is -0.142. The number of hydrogen-bond donors (Lipinski definition) is 0. The van der Waals surface area contributed by atoms with Crippen molar-refractivity contribution in [2.45, 2.75) is 19.5 Å². The minimum Gasteiger partial charge on any atom is -0.465 e. The van der Waals surface area contributed by atoms with Gasteiger partial charge >= 0.3 is 12.1 Å². The Morgan fingerprint density at radius 3 is 2.50 bits per heavy atom. The fourth-order valence-electron chi connectivity index (χ4n) is 1.36. The minimum absolute atomic E-state index is 0.0284. The molecule has 6 heteroatoms. The Morgan fingerprint density at radius 2 is 1.95 bits per heavy atom. The average Bonchev–Trinajstić information content (AvgIpc) is 2.37. The fraction of sp³-hybridized carbons (Fsp3) is 0.286. The van der Waals surface area contributed by atoms with Gasteiger partial charge in [-0.05, 0) is 25.1 Å². The lowest BCUT2D eigenvalue weighted by Gasteiger charge is -2.07.